The van der Waals surface area contributed by atoms with Crippen molar-refractivity contribution in [1.82, 2.24) is 4.57 Å². The molecule has 1 heterocycles. The van der Waals surface area contributed by atoms with Gasteiger partial charge in [-0.25, -0.2) is 0 Å². The SMILES string of the molecule is O=C(Cn1ccc2ccccc21)Nc1cccc(O)c1. The number of hydrogen-bond donors (Lipinski definition) is 2. The average Bonchev–Trinajstić information content (AvgIpc) is 2.82. The summed E-state index contributed by atoms with van der Waals surface area (Å²) in [6.07, 6.45) is 1.90. The van der Waals surface area contributed by atoms with Crippen LogP contribution >= 0.6 is 0 Å². The van der Waals surface area contributed by atoms with E-state index in [1.165, 1.54) is 6.07 Å². The van der Waals surface area contributed by atoms with Crippen LogP contribution in [-0.4, -0.2) is 15.6 Å². The van der Waals surface area contributed by atoms with Gasteiger partial charge in [0.2, 0.25) is 5.91 Å². The second-order valence-electron chi connectivity index (χ2n) is 4.60. The maximum atomic E-state index is 12.0. The van der Waals surface area contributed by atoms with Gasteiger partial charge in [0.1, 0.15) is 12.3 Å². The summed E-state index contributed by atoms with van der Waals surface area (Å²) in [6.45, 7) is 0.239. The number of phenolic OH excluding ortho intramolecular Hbond substituents is 1. The van der Waals surface area contributed by atoms with Crippen LogP contribution in [0.3, 0.4) is 0 Å². The van der Waals surface area contributed by atoms with Crippen LogP contribution in [0.25, 0.3) is 10.9 Å². The number of anilines is 1. The van der Waals surface area contributed by atoms with Gasteiger partial charge >= 0.3 is 0 Å². The second-order valence-corrected chi connectivity index (χ2v) is 4.60. The Labute approximate surface area is 116 Å². The topological polar surface area (TPSA) is 54.3 Å². The standard InChI is InChI=1S/C16H14N2O2/c19-14-6-3-5-13(10-14)17-16(20)11-18-9-8-12-4-1-2-7-15(12)18/h1-10,19H,11H2,(H,17,20). The zero-order valence-corrected chi connectivity index (χ0v) is 10.8. The van der Waals surface area contributed by atoms with Crippen LogP contribution in [0.15, 0.2) is 60.8 Å². The van der Waals surface area contributed by atoms with Gasteiger partial charge in [0.05, 0.1) is 0 Å². The third kappa shape index (κ3) is 2.49. The molecule has 0 bridgehead atoms. The van der Waals surface area contributed by atoms with E-state index in [9.17, 15) is 9.90 Å². The van der Waals surface area contributed by atoms with Crippen molar-refractivity contribution in [3.8, 4) is 5.75 Å². The fourth-order valence-corrected chi connectivity index (χ4v) is 2.22. The third-order valence-corrected chi connectivity index (χ3v) is 3.12. The lowest BCUT2D eigenvalue weighted by molar-refractivity contribution is -0.116. The minimum absolute atomic E-state index is 0.128. The molecule has 0 radical (unpaired) electrons. The normalized spacial score (nSPS) is 10.6. The Morgan fingerprint density at radius 3 is 2.80 bits per heavy atom. The Morgan fingerprint density at radius 1 is 1.10 bits per heavy atom. The molecule has 2 N–H and O–H groups in total. The molecule has 1 amide bonds. The van der Waals surface area contributed by atoms with Gasteiger partial charge in [-0.05, 0) is 29.7 Å². The van der Waals surface area contributed by atoms with Gasteiger partial charge in [-0.3, -0.25) is 4.79 Å². The number of hydrogen-bond acceptors (Lipinski definition) is 2. The molecule has 100 valence electrons. The largest absolute Gasteiger partial charge is 0.508 e. The van der Waals surface area contributed by atoms with Gasteiger partial charge in [0, 0.05) is 23.5 Å². The van der Waals surface area contributed by atoms with Crippen molar-refractivity contribution in [2.24, 2.45) is 0 Å². The molecule has 0 atom stereocenters. The quantitative estimate of drug-likeness (QED) is 0.765. The molecule has 3 rings (SSSR count). The Morgan fingerprint density at radius 2 is 1.95 bits per heavy atom. The van der Waals surface area contributed by atoms with Gasteiger partial charge in [-0.1, -0.05) is 24.3 Å². The van der Waals surface area contributed by atoms with E-state index in [0.717, 1.165) is 10.9 Å². The first-order valence-corrected chi connectivity index (χ1v) is 6.35. The lowest BCUT2D eigenvalue weighted by atomic mass is 10.2. The lowest BCUT2D eigenvalue weighted by Gasteiger charge is -2.07. The minimum Gasteiger partial charge on any atom is -0.508 e. The summed E-state index contributed by atoms with van der Waals surface area (Å²) in [6, 6.07) is 16.4. The molecule has 0 spiro atoms. The molecule has 0 aliphatic carbocycles. The third-order valence-electron chi connectivity index (χ3n) is 3.12. The summed E-state index contributed by atoms with van der Waals surface area (Å²) in [5.74, 6) is 0.00571. The highest BCUT2D eigenvalue weighted by atomic mass is 16.3. The smallest absolute Gasteiger partial charge is 0.244 e. The summed E-state index contributed by atoms with van der Waals surface area (Å²) >= 11 is 0. The second kappa shape index (κ2) is 5.09. The van der Waals surface area contributed by atoms with Crippen LogP contribution < -0.4 is 5.32 Å². The highest BCUT2D eigenvalue weighted by molar-refractivity contribution is 5.92. The van der Waals surface area contributed by atoms with Crippen LogP contribution in [0, 0.1) is 0 Å². The molecule has 0 saturated carbocycles. The predicted molar refractivity (Wildman–Crippen MR) is 78.7 cm³/mol. The molecule has 4 heteroatoms. The van der Waals surface area contributed by atoms with Crippen molar-refractivity contribution >= 4 is 22.5 Å². The van der Waals surface area contributed by atoms with E-state index in [4.69, 9.17) is 0 Å². The predicted octanol–water partition coefficient (Wildman–Crippen LogP) is 2.99. The molecule has 4 nitrogen and oxygen atoms in total. The van der Waals surface area contributed by atoms with Crippen LogP contribution in [0.4, 0.5) is 5.69 Å². The maximum Gasteiger partial charge on any atom is 0.244 e. The van der Waals surface area contributed by atoms with Crippen LogP contribution in [0.5, 0.6) is 5.75 Å². The summed E-state index contributed by atoms with van der Waals surface area (Å²) in [5.41, 5.74) is 1.62. The van der Waals surface area contributed by atoms with E-state index >= 15 is 0 Å². The monoisotopic (exact) mass is 266 g/mol. The number of carbonyl (C=O) groups excluding carboxylic acids is 1. The number of rotatable bonds is 3. The number of nitrogens with zero attached hydrogens (tertiary/aromatic N) is 1. The molecule has 3 aromatic rings. The van der Waals surface area contributed by atoms with Crippen LogP contribution in [-0.2, 0) is 11.3 Å². The first-order chi connectivity index (χ1) is 9.72. The molecule has 1 aromatic heterocycles. The molecule has 0 aliphatic rings. The first-order valence-electron chi connectivity index (χ1n) is 6.35. The number of amides is 1. The van der Waals surface area contributed by atoms with E-state index in [-0.39, 0.29) is 18.2 Å². The van der Waals surface area contributed by atoms with Crippen molar-refractivity contribution in [3.05, 3.63) is 60.8 Å². The Hall–Kier alpha value is -2.75. The molecule has 0 aliphatic heterocycles. The van der Waals surface area contributed by atoms with E-state index in [1.54, 1.807) is 18.2 Å². The molecular weight excluding hydrogens is 252 g/mol. The average molecular weight is 266 g/mol. The van der Waals surface area contributed by atoms with E-state index in [1.807, 2.05) is 41.1 Å². The van der Waals surface area contributed by atoms with Crippen molar-refractivity contribution in [2.45, 2.75) is 6.54 Å². The molecule has 0 saturated heterocycles. The fourth-order valence-electron chi connectivity index (χ4n) is 2.22. The van der Waals surface area contributed by atoms with E-state index < -0.39 is 0 Å². The molecule has 0 unspecified atom stereocenters. The summed E-state index contributed by atoms with van der Waals surface area (Å²) in [4.78, 5) is 12.0. The van der Waals surface area contributed by atoms with Crippen LogP contribution in [0.1, 0.15) is 0 Å². The molecule has 2 aromatic carbocycles. The van der Waals surface area contributed by atoms with Gasteiger partial charge in [-0.2, -0.15) is 0 Å². The number of fused-ring (bicyclic) bond motifs is 1. The van der Waals surface area contributed by atoms with E-state index in [0.29, 0.717) is 5.69 Å². The summed E-state index contributed by atoms with van der Waals surface area (Å²) < 4.78 is 1.90. The summed E-state index contributed by atoms with van der Waals surface area (Å²) in [7, 11) is 0. The Balaban J connectivity index is 1.76. The highest BCUT2D eigenvalue weighted by Crippen LogP contribution is 2.17. The number of aromatic nitrogens is 1. The van der Waals surface area contributed by atoms with Gasteiger partial charge < -0.3 is 15.0 Å². The number of aromatic hydroxyl groups is 1. The molecule has 20 heavy (non-hydrogen) atoms. The van der Waals surface area contributed by atoms with Gasteiger partial charge in [-0.15, -0.1) is 0 Å². The Bertz CT molecular complexity index is 762. The van der Waals surface area contributed by atoms with Crippen molar-refractivity contribution < 1.29 is 9.90 Å². The minimum atomic E-state index is -0.128. The van der Waals surface area contributed by atoms with E-state index in [2.05, 4.69) is 5.32 Å². The summed E-state index contributed by atoms with van der Waals surface area (Å²) in [5, 5.41) is 13.2. The molecule has 0 fully saturated rings. The molecular formula is C16H14N2O2. The fraction of sp³-hybridized carbons (Fsp3) is 0.0625. The number of nitrogens with one attached hydrogen (secondary N) is 1. The lowest BCUT2D eigenvalue weighted by Crippen LogP contribution is -2.18. The van der Waals surface area contributed by atoms with Gasteiger partial charge in [0.25, 0.3) is 0 Å². The van der Waals surface area contributed by atoms with Gasteiger partial charge in [0.15, 0.2) is 0 Å². The van der Waals surface area contributed by atoms with Crippen molar-refractivity contribution in [3.63, 3.8) is 0 Å². The van der Waals surface area contributed by atoms with Crippen molar-refractivity contribution in [2.75, 3.05) is 5.32 Å². The number of para-hydroxylation sites is 1. The number of phenols is 1. The zero-order chi connectivity index (χ0) is 13.9. The number of benzene rings is 2. The number of carbonyl (C=O) groups is 1. The Kier molecular flexibility index (Phi) is 3.13. The van der Waals surface area contributed by atoms with Crippen LogP contribution in [0.2, 0.25) is 0 Å². The zero-order valence-electron chi connectivity index (χ0n) is 10.8. The maximum absolute atomic E-state index is 12.0. The highest BCUT2D eigenvalue weighted by Gasteiger charge is 2.06. The van der Waals surface area contributed by atoms with Crippen molar-refractivity contribution in [1.29, 1.82) is 0 Å². The first kappa shape index (κ1) is 12.3.